The SMILES string of the molecule is Cc1ccnc(N(CCC(=O)O)C(=O)c2ccc3c(c2)nc(CNc2ccc(C(=N)N)cc2F)n3C)c1. The molecule has 4 aromatic rings. The van der Waals surface area contributed by atoms with E-state index in [4.69, 9.17) is 16.2 Å². The summed E-state index contributed by atoms with van der Waals surface area (Å²) in [5.74, 6) is -1.18. The summed E-state index contributed by atoms with van der Waals surface area (Å²) in [7, 11) is 1.82. The van der Waals surface area contributed by atoms with Crippen molar-refractivity contribution in [2.75, 3.05) is 16.8 Å². The molecule has 0 aliphatic heterocycles. The molecule has 0 radical (unpaired) electrons. The van der Waals surface area contributed by atoms with Gasteiger partial charge < -0.3 is 20.7 Å². The molecule has 0 unspecified atom stereocenters. The van der Waals surface area contributed by atoms with Crippen LogP contribution in [0.15, 0.2) is 54.7 Å². The van der Waals surface area contributed by atoms with Crippen molar-refractivity contribution < 1.29 is 19.1 Å². The van der Waals surface area contributed by atoms with E-state index >= 15 is 0 Å². The van der Waals surface area contributed by atoms with Crippen LogP contribution in [0.3, 0.4) is 0 Å². The molecule has 2 heterocycles. The van der Waals surface area contributed by atoms with Crippen LogP contribution < -0.4 is 16.0 Å². The van der Waals surface area contributed by atoms with Crippen LogP contribution in [0.5, 0.6) is 0 Å². The van der Waals surface area contributed by atoms with Gasteiger partial charge in [0.05, 0.1) is 29.7 Å². The molecule has 0 atom stereocenters. The highest BCUT2D eigenvalue weighted by Crippen LogP contribution is 2.22. The van der Waals surface area contributed by atoms with E-state index in [0.717, 1.165) is 11.1 Å². The van der Waals surface area contributed by atoms with Crippen molar-refractivity contribution >= 4 is 40.3 Å². The van der Waals surface area contributed by atoms with Crippen LogP contribution in [0.1, 0.15) is 33.7 Å². The summed E-state index contributed by atoms with van der Waals surface area (Å²) in [4.78, 5) is 34.8. The summed E-state index contributed by atoms with van der Waals surface area (Å²) in [6.07, 6.45) is 1.34. The number of halogens is 1. The van der Waals surface area contributed by atoms with Gasteiger partial charge >= 0.3 is 5.97 Å². The molecule has 0 bridgehead atoms. The molecule has 0 saturated carbocycles. The third-order valence-corrected chi connectivity index (χ3v) is 5.91. The molecule has 10 nitrogen and oxygen atoms in total. The minimum Gasteiger partial charge on any atom is -0.481 e. The maximum Gasteiger partial charge on any atom is 0.305 e. The number of nitrogen functional groups attached to an aromatic ring is 1. The lowest BCUT2D eigenvalue weighted by Crippen LogP contribution is -2.33. The third-order valence-electron chi connectivity index (χ3n) is 5.91. The van der Waals surface area contributed by atoms with Crippen molar-refractivity contribution in [3.05, 3.63) is 83.1 Å². The molecule has 190 valence electrons. The molecule has 2 aromatic carbocycles. The topological polar surface area (TPSA) is 150 Å². The molecule has 0 fully saturated rings. The number of benzene rings is 2. The summed E-state index contributed by atoms with van der Waals surface area (Å²) in [5.41, 5.74) is 8.51. The standard InChI is InChI=1S/C26H26FN7O3/c1-15-7-9-30-22(11-15)34(10-8-24(35)36)26(37)17-4-6-21-20(13-17)32-23(33(21)2)14-31-19-5-3-16(25(28)29)12-18(19)27/h3-7,9,11-13,31H,8,10,14H2,1-2H3,(H3,28,29)(H,35,36). The Balaban J connectivity index is 1.59. The first-order valence-corrected chi connectivity index (χ1v) is 11.4. The summed E-state index contributed by atoms with van der Waals surface area (Å²) < 4.78 is 16.2. The predicted molar refractivity (Wildman–Crippen MR) is 138 cm³/mol. The number of pyridine rings is 1. The van der Waals surface area contributed by atoms with Crippen LogP contribution in [0.25, 0.3) is 11.0 Å². The van der Waals surface area contributed by atoms with E-state index in [-0.39, 0.29) is 36.9 Å². The van der Waals surface area contributed by atoms with Gasteiger partial charge in [-0.15, -0.1) is 0 Å². The molecular weight excluding hydrogens is 477 g/mol. The summed E-state index contributed by atoms with van der Waals surface area (Å²) in [5, 5.41) is 19.6. The van der Waals surface area contributed by atoms with Crippen molar-refractivity contribution in [2.45, 2.75) is 19.9 Å². The second-order valence-corrected chi connectivity index (χ2v) is 8.54. The Morgan fingerprint density at radius 3 is 2.59 bits per heavy atom. The molecule has 1 amide bonds. The number of carbonyl (C=O) groups is 2. The van der Waals surface area contributed by atoms with Crippen LogP contribution in [0, 0.1) is 18.2 Å². The molecular formula is C26H26FN7O3. The smallest absolute Gasteiger partial charge is 0.305 e. The highest BCUT2D eigenvalue weighted by molar-refractivity contribution is 6.07. The van der Waals surface area contributed by atoms with E-state index < -0.39 is 11.8 Å². The normalized spacial score (nSPS) is 10.9. The number of carbonyl (C=O) groups excluding carboxylic acids is 1. The first-order valence-electron chi connectivity index (χ1n) is 11.4. The average Bonchev–Trinajstić information content (AvgIpc) is 3.17. The number of hydrogen-bond donors (Lipinski definition) is 4. The Kier molecular flexibility index (Phi) is 7.14. The molecule has 37 heavy (non-hydrogen) atoms. The molecule has 11 heteroatoms. The van der Waals surface area contributed by atoms with E-state index in [1.54, 1.807) is 42.6 Å². The molecule has 2 aromatic heterocycles. The van der Waals surface area contributed by atoms with Gasteiger partial charge in [0.1, 0.15) is 23.3 Å². The molecule has 5 N–H and O–H groups in total. The number of hydrogen-bond acceptors (Lipinski definition) is 6. The fourth-order valence-corrected chi connectivity index (χ4v) is 3.89. The minimum atomic E-state index is -1.02. The van der Waals surface area contributed by atoms with E-state index in [2.05, 4.69) is 15.3 Å². The number of carboxylic acid groups (broad SMARTS) is 1. The van der Waals surface area contributed by atoms with Crippen LogP contribution in [0.2, 0.25) is 0 Å². The number of nitrogens with zero attached hydrogens (tertiary/aromatic N) is 4. The minimum absolute atomic E-state index is 0.0337. The zero-order valence-electron chi connectivity index (χ0n) is 20.3. The Morgan fingerprint density at radius 2 is 1.92 bits per heavy atom. The zero-order chi connectivity index (χ0) is 26.7. The number of aliphatic carboxylic acids is 1. The fraction of sp³-hybridized carbons (Fsp3) is 0.192. The number of nitrogens with one attached hydrogen (secondary N) is 2. The van der Waals surface area contributed by atoms with E-state index in [1.165, 1.54) is 17.0 Å². The lowest BCUT2D eigenvalue weighted by atomic mass is 10.1. The van der Waals surface area contributed by atoms with Crippen LogP contribution in [0.4, 0.5) is 15.9 Å². The van der Waals surface area contributed by atoms with E-state index in [0.29, 0.717) is 28.3 Å². The number of rotatable bonds is 9. The fourth-order valence-electron chi connectivity index (χ4n) is 3.89. The average molecular weight is 504 g/mol. The van der Waals surface area contributed by atoms with Gasteiger partial charge in [-0.2, -0.15) is 0 Å². The molecule has 0 spiro atoms. The molecule has 0 aliphatic carbocycles. The van der Waals surface area contributed by atoms with Gasteiger partial charge in [-0.25, -0.2) is 14.4 Å². The Hall–Kier alpha value is -4.80. The van der Waals surface area contributed by atoms with Crippen molar-refractivity contribution in [1.29, 1.82) is 5.41 Å². The Morgan fingerprint density at radius 1 is 1.16 bits per heavy atom. The van der Waals surface area contributed by atoms with Gasteiger partial charge in [-0.05, 0) is 61.0 Å². The molecule has 4 rings (SSSR count). The number of aryl methyl sites for hydroxylation is 2. The van der Waals surface area contributed by atoms with Crippen molar-refractivity contribution in [3.63, 3.8) is 0 Å². The lowest BCUT2D eigenvalue weighted by molar-refractivity contribution is -0.136. The number of anilines is 2. The number of imidazole rings is 1. The summed E-state index contributed by atoms with van der Waals surface area (Å²) in [6.45, 7) is 2.04. The van der Waals surface area contributed by atoms with Gasteiger partial charge in [0.25, 0.3) is 5.91 Å². The monoisotopic (exact) mass is 503 g/mol. The Labute approximate surface area is 212 Å². The molecule has 0 aliphatic rings. The predicted octanol–water partition coefficient (Wildman–Crippen LogP) is 3.43. The van der Waals surface area contributed by atoms with Gasteiger partial charge in [0, 0.05) is 30.9 Å². The van der Waals surface area contributed by atoms with E-state index in [9.17, 15) is 14.0 Å². The first-order chi connectivity index (χ1) is 17.6. The maximum atomic E-state index is 14.4. The van der Waals surface area contributed by atoms with Crippen molar-refractivity contribution in [3.8, 4) is 0 Å². The second-order valence-electron chi connectivity index (χ2n) is 8.54. The van der Waals surface area contributed by atoms with Gasteiger partial charge in [0.15, 0.2) is 0 Å². The summed E-state index contributed by atoms with van der Waals surface area (Å²) >= 11 is 0. The Bertz CT molecular complexity index is 1520. The number of nitrogens with two attached hydrogens (primary N) is 1. The van der Waals surface area contributed by atoms with Gasteiger partial charge in [0.2, 0.25) is 0 Å². The zero-order valence-corrected chi connectivity index (χ0v) is 20.3. The maximum absolute atomic E-state index is 14.4. The van der Waals surface area contributed by atoms with E-state index in [1.807, 2.05) is 18.5 Å². The van der Waals surface area contributed by atoms with Gasteiger partial charge in [-0.3, -0.25) is 19.9 Å². The van der Waals surface area contributed by atoms with Crippen molar-refractivity contribution in [2.24, 2.45) is 12.8 Å². The van der Waals surface area contributed by atoms with Crippen molar-refractivity contribution in [1.82, 2.24) is 14.5 Å². The first kappa shape index (κ1) is 25.3. The number of fused-ring (bicyclic) bond motifs is 1. The third kappa shape index (κ3) is 5.56. The van der Waals surface area contributed by atoms with Crippen LogP contribution in [-0.2, 0) is 18.4 Å². The second kappa shape index (κ2) is 10.4. The lowest BCUT2D eigenvalue weighted by Gasteiger charge is -2.21. The number of amidine groups is 1. The van der Waals surface area contributed by atoms with Gasteiger partial charge in [-0.1, -0.05) is 0 Å². The largest absolute Gasteiger partial charge is 0.481 e. The number of amides is 1. The summed E-state index contributed by atoms with van der Waals surface area (Å²) in [6, 6.07) is 12.8. The number of aromatic nitrogens is 3. The molecule has 0 saturated heterocycles. The van der Waals surface area contributed by atoms with Crippen LogP contribution in [-0.4, -0.2) is 43.9 Å². The highest BCUT2D eigenvalue weighted by atomic mass is 19.1. The highest BCUT2D eigenvalue weighted by Gasteiger charge is 2.21. The number of carboxylic acids is 1. The quantitative estimate of drug-likeness (QED) is 0.202. The van der Waals surface area contributed by atoms with Crippen LogP contribution >= 0.6 is 0 Å².